The Balaban J connectivity index is 1.89. The van der Waals surface area contributed by atoms with Crippen LogP contribution in [-0.4, -0.2) is 46.4 Å². The molecule has 7 heteroatoms. The molecule has 1 aromatic carbocycles. The Kier molecular flexibility index (Phi) is 7.61. The fourth-order valence-electron chi connectivity index (χ4n) is 2.41. The molecular weight excluding hydrogens is 364 g/mol. The van der Waals surface area contributed by atoms with Crippen molar-refractivity contribution in [3.63, 3.8) is 0 Å². The van der Waals surface area contributed by atoms with Gasteiger partial charge in [0.25, 0.3) is 5.91 Å². The smallest absolute Gasteiger partial charge is 0.257 e. The molecule has 0 radical (unpaired) electrons. The quantitative estimate of drug-likeness (QED) is 0.529. The maximum absolute atomic E-state index is 12.4. The molecule has 2 aromatic rings. The molecule has 0 saturated heterocycles. The summed E-state index contributed by atoms with van der Waals surface area (Å²) in [6.07, 6.45) is 0. The SMILES string of the molecule is CCN(CC)CCSc1nnc(NC(=O)c2ccc(C(C)(C)C)cc2)s1. The van der Waals surface area contributed by atoms with E-state index in [1.54, 1.807) is 11.8 Å². The largest absolute Gasteiger partial charge is 0.303 e. The highest BCUT2D eigenvalue weighted by Gasteiger charge is 2.15. The highest BCUT2D eigenvalue weighted by molar-refractivity contribution is 8.01. The lowest BCUT2D eigenvalue weighted by Gasteiger charge is -2.18. The maximum atomic E-state index is 12.4. The third kappa shape index (κ3) is 6.07. The van der Waals surface area contributed by atoms with Gasteiger partial charge in [-0.1, -0.05) is 69.9 Å². The first-order chi connectivity index (χ1) is 12.3. The van der Waals surface area contributed by atoms with Gasteiger partial charge in [0.1, 0.15) is 0 Å². The van der Waals surface area contributed by atoms with Gasteiger partial charge in [-0.15, -0.1) is 10.2 Å². The Labute approximate surface area is 164 Å². The van der Waals surface area contributed by atoms with Crippen molar-refractivity contribution in [3.8, 4) is 0 Å². The second-order valence-corrected chi connectivity index (χ2v) is 9.35. The fraction of sp³-hybridized carbons (Fsp3) is 0.526. The molecule has 0 spiro atoms. The molecule has 142 valence electrons. The standard InChI is InChI=1S/C19H28N4OS2/c1-6-23(7-2)12-13-25-18-22-21-17(26-18)20-16(24)14-8-10-15(11-9-14)19(3,4)5/h8-11H,6-7,12-13H2,1-5H3,(H,20,21,24). The summed E-state index contributed by atoms with van der Waals surface area (Å²) in [7, 11) is 0. The van der Waals surface area contributed by atoms with Crippen molar-refractivity contribution in [3.05, 3.63) is 35.4 Å². The number of carbonyl (C=O) groups is 1. The van der Waals surface area contributed by atoms with Crippen molar-refractivity contribution < 1.29 is 4.79 Å². The van der Waals surface area contributed by atoms with E-state index in [9.17, 15) is 4.79 Å². The van der Waals surface area contributed by atoms with E-state index in [4.69, 9.17) is 0 Å². The molecule has 0 aliphatic heterocycles. The van der Waals surface area contributed by atoms with Gasteiger partial charge in [0.2, 0.25) is 5.13 Å². The van der Waals surface area contributed by atoms with Crippen molar-refractivity contribution in [1.82, 2.24) is 15.1 Å². The number of rotatable bonds is 8. The fourth-order valence-corrected chi connectivity index (χ4v) is 4.23. The summed E-state index contributed by atoms with van der Waals surface area (Å²) in [5, 5.41) is 11.6. The zero-order chi connectivity index (χ0) is 19.2. The summed E-state index contributed by atoms with van der Waals surface area (Å²) in [4.78, 5) is 14.8. The minimum absolute atomic E-state index is 0.0749. The van der Waals surface area contributed by atoms with Crippen LogP contribution in [0.2, 0.25) is 0 Å². The Bertz CT molecular complexity index is 703. The van der Waals surface area contributed by atoms with E-state index in [2.05, 4.69) is 55.0 Å². The van der Waals surface area contributed by atoms with Crippen LogP contribution in [0, 0.1) is 0 Å². The number of aromatic nitrogens is 2. The molecule has 0 unspecified atom stereocenters. The molecule has 2 rings (SSSR count). The Morgan fingerprint density at radius 1 is 1.15 bits per heavy atom. The Morgan fingerprint density at radius 2 is 1.81 bits per heavy atom. The van der Waals surface area contributed by atoms with E-state index in [1.807, 2.05) is 24.3 Å². The number of anilines is 1. The topological polar surface area (TPSA) is 58.1 Å². The summed E-state index contributed by atoms with van der Waals surface area (Å²) >= 11 is 3.10. The molecule has 0 aliphatic carbocycles. The number of thioether (sulfide) groups is 1. The van der Waals surface area contributed by atoms with Crippen LogP contribution in [0.5, 0.6) is 0 Å². The first kappa shape index (κ1) is 20.9. The summed E-state index contributed by atoms with van der Waals surface area (Å²) in [6, 6.07) is 7.72. The van der Waals surface area contributed by atoms with Crippen molar-refractivity contribution in [2.24, 2.45) is 0 Å². The molecule has 26 heavy (non-hydrogen) atoms. The molecule has 1 N–H and O–H groups in total. The van der Waals surface area contributed by atoms with Gasteiger partial charge >= 0.3 is 0 Å². The highest BCUT2D eigenvalue weighted by Crippen LogP contribution is 2.26. The lowest BCUT2D eigenvalue weighted by Crippen LogP contribution is -2.25. The van der Waals surface area contributed by atoms with Crippen LogP contribution in [0.15, 0.2) is 28.6 Å². The molecule has 5 nitrogen and oxygen atoms in total. The second-order valence-electron chi connectivity index (χ2n) is 7.03. The van der Waals surface area contributed by atoms with Gasteiger partial charge in [-0.25, -0.2) is 0 Å². The lowest BCUT2D eigenvalue weighted by molar-refractivity contribution is 0.102. The third-order valence-corrected chi connectivity index (χ3v) is 6.12. The number of amides is 1. The normalized spacial score (nSPS) is 11.8. The van der Waals surface area contributed by atoms with Crippen LogP contribution in [-0.2, 0) is 5.41 Å². The van der Waals surface area contributed by atoms with Crippen molar-refractivity contribution >= 4 is 34.1 Å². The summed E-state index contributed by atoms with van der Waals surface area (Å²) < 4.78 is 0.885. The van der Waals surface area contributed by atoms with Crippen LogP contribution in [0.3, 0.4) is 0 Å². The molecule has 0 aliphatic rings. The molecule has 0 bridgehead atoms. The number of hydrogen-bond donors (Lipinski definition) is 1. The van der Waals surface area contributed by atoms with Crippen LogP contribution in [0.25, 0.3) is 0 Å². The molecule has 0 atom stereocenters. The van der Waals surface area contributed by atoms with Gasteiger partial charge in [0.15, 0.2) is 4.34 Å². The number of nitrogens with zero attached hydrogens (tertiary/aromatic N) is 3. The molecule has 1 heterocycles. The molecule has 0 fully saturated rings. The maximum Gasteiger partial charge on any atom is 0.257 e. The van der Waals surface area contributed by atoms with Gasteiger partial charge in [-0.2, -0.15) is 0 Å². The van der Waals surface area contributed by atoms with Crippen molar-refractivity contribution in [1.29, 1.82) is 0 Å². The lowest BCUT2D eigenvalue weighted by atomic mass is 9.87. The average Bonchev–Trinajstić information content (AvgIpc) is 3.05. The second kappa shape index (κ2) is 9.48. The zero-order valence-electron chi connectivity index (χ0n) is 16.2. The molecule has 1 amide bonds. The van der Waals surface area contributed by atoms with Crippen LogP contribution >= 0.6 is 23.1 Å². The van der Waals surface area contributed by atoms with Gasteiger partial charge < -0.3 is 4.90 Å². The van der Waals surface area contributed by atoms with E-state index in [0.29, 0.717) is 10.7 Å². The van der Waals surface area contributed by atoms with Crippen LogP contribution < -0.4 is 5.32 Å². The number of carbonyl (C=O) groups excluding carboxylic acids is 1. The first-order valence-electron chi connectivity index (χ1n) is 8.94. The monoisotopic (exact) mass is 392 g/mol. The minimum Gasteiger partial charge on any atom is -0.303 e. The van der Waals surface area contributed by atoms with Gasteiger partial charge in [-0.05, 0) is 36.2 Å². The molecule has 0 saturated carbocycles. The number of benzene rings is 1. The Morgan fingerprint density at radius 3 is 2.38 bits per heavy atom. The summed E-state index contributed by atoms with van der Waals surface area (Å²) in [5.74, 6) is 0.819. The Hall–Kier alpha value is -1.44. The first-order valence-corrected chi connectivity index (χ1v) is 10.7. The molecular formula is C19H28N4OS2. The zero-order valence-corrected chi connectivity index (χ0v) is 17.8. The third-order valence-electron chi connectivity index (χ3n) is 4.17. The minimum atomic E-state index is -0.152. The van der Waals surface area contributed by atoms with Gasteiger partial charge in [0.05, 0.1) is 0 Å². The van der Waals surface area contributed by atoms with Crippen molar-refractivity contribution in [2.45, 2.75) is 44.4 Å². The predicted molar refractivity (Wildman–Crippen MR) is 112 cm³/mol. The molecule has 1 aromatic heterocycles. The van der Waals surface area contributed by atoms with Crippen LogP contribution in [0.1, 0.15) is 50.5 Å². The van der Waals surface area contributed by atoms with E-state index in [0.717, 1.165) is 29.7 Å². The van der Waals surface area contributed by atoms with Crippen molar-refractivity contribution in [2.75, 3.05) is 30.7 Å². The number of nitrogens with one attached hydrogen (secondary N) is 1. The van der Waals surface area contributed by atoms with E-state index < -0.39 is 0 Å². The summed E-state index contributed by atoms with van der Waals surface area (Å²) in [6.45, 7) is 13.9. The van der Waals surface area contributed by atoms with E-state index in [-0.39, 0.29) is 11.3 Å². The average molecular weight is 393 g/mol. The van der Waals surface area contributed by atoms with Crippen LogP contribution in [0.4, 0.5) is 5.13 Å². The van der Waals surface area contributed by atoms with Gasteiger partial charge in [-0.3, -0.25) is 10.1 Å². The highest BCUT2D eigenvalue weighted by atomic mass is 32.2. The van der Waals surface area contributed by atoms with E-state index >= 15 is 0 Å². The van der Waals surface area contributed by atoms with Gasteiger partial charge in [0, 0.05) is 17.9 Å². The predicted octanol–water partition coefficient (Wildman–Crippen LogP) is 4.52. The van der Waals surface area contributed by atoms with E-state index in [1.165, 1.54) is 16.9 Å². The number of hydrogen-bond acceptors (Lipinski definition) is 6. The summed E-state index contributed by atoms with van der Waals surface area (Å²) in [5.41, 5.74) is 1.91.